The van der Waals surface area contributed by atoms with Gasteiger partial charge >= 0.3 is 0 Å². The number of carbonyl (C=O) groups is 2. The Labute approximate surface area is 117 Å². The zero-order chi connectivity index (χ0) is 14.4. The number of halogens is 1. The molecule has 19 heavy (non-hydrogen) atoms. The molecule has 1 heterocycles. The number of carbonyl (C=O) groups excluding carboxylic acids is 2. The van der Waals surface area contributed by atoms with Crippen molar-refractivity contribution in [3.63, 3.8) is 0 Å². The van der Waals surface area contributed by atoms with Crippen molar-refractivity contribution in [1.82, 2.24) is 15.6 Å². The third-order valence-corrected chi connectivity index (χ3v) is 2.62. The Hall–Kier alpha value is -1.62. The van der Waals surface area contributed by atoms with Crippen LogP contribution in [0.2, 0.25) is 5.15 Å². The summed E-state index contributed by atoms with van der Waals surface area (Å²) in [6.45, 7) is 6.22. The van der Waals surface area contributed by atoms with Gasteiger partial charge in [0, 0.05) is 18.3 Å². The Morgan fingerprint density at radius 3 is 2.63 bits per heavy atom. The summed E-state index contributed by atoms with van der Waals surface area (Å²) in [5.74, 6) is -0.190. The summed E-state index contributed by atoms with van der Waals surface area (Å²) in [4.78, 5) is 27.4. The molecule has 0 radical (unpaired) electrons. The molecular weight excluding hydrogens is 266 g/mol. The van der Waals surface area contributed by atoms with Crippen LogP contribution in [0.5, 0.6) is 0 Å². The minimum Gasteiger partial charge on any atom is -0.354 e. The van der Waals surface area contributed by atoms with E-state index in [-0.39, 0.29) is 17.0 Å². The molecule has 1 atom stereocenters. The first-order valence-electron chi connectivity index (χ1n) is 6.10. The second-order valence-corrected chi connectivity index (χ2v) is 5.09. The van der Waals surface area contributed by atoms with Gasteiger partial charge in [-0.05, 0) is 25.0 Å². The lowest BCUT2D eigenvalue weighted by Crippen LogP contribution is -2.45. The zero-order valence-electron chi connectivity index (χ0n) is 11.2. The van der Waals surface area contributed by atoms with E-state index in [2.05, 4.69) is 15.6 Å². The molecule has 1 aromatic heterocycles. The molecule has 1 unspecified atom stereocenters. The van der Waals surface area contributed by atoms with Crippen LogP contribution in [0.1, 0.15) is 31.1 Å². The molecule has 1 aromatic rings. The predicted octanol–water partition coefficient (Wildman–Crippen LogP) is 1.63. The summed E-state index contributed by atoms with van der Waals surface area (Å²) in [7, 11) is 0. The maximum atomic E-state index is 11.9. The minimum absolute atomic E-state index is 0.206. The fourth-order valence-corrected chi connectivity index (χ4v) is 1.52. The quantitative estimate of drug-likeness (QED) is 0.807. The molecule has 6 heteroatoms. The summed E-state index contributed by atoms with van der Waals surface area (Å²) in [6, 6.07) is 2.40. The van der Waals surface area contributed by atoms with Crippen LogP contribution in [0.15, 0.2) is 18.3 Å². The third-order valence-electron chi connectivity index (χ3n) is 2.41. The summed E-state index contributed by atoms with van der Waals surface area (Å²) >= 11 is 5.70. The monoisotopic (exact) mass is 283 g/mol. The average molecular weight is 284 g/mol. The van der Waals surface area contributed by atoms with Crippen molar-refractivity contribution in [2.45, 2.75) is 26.8 Å². The van der Waals surface area contributed by atoms with Crippen LogP contribution in [-0.4, -0.2) is 29.4 Å². The van der Waals surface area contributed by atoms with Crippen LogP contribution in [0.4, 0.5) is 0 Å². The van der Waals surface area contributed by atoms with Gasteiger partial charge in [-0.2, -0.15) is 0 Å². The largest absolute Gasteiger partial charge is 0.354 e. The summed E-state index contributed by atoms with van der Waals surface area (Å²) < 4.78 is 0. The fourth-order valence-electron chi connectivity index (χ4n) is 1.35. The van der Waals surface area contributed by atoms with Gasteiger partial charge in [0.25, 0.3) is 5.91 Å². The number of nitrogens with zero attached hydrogens (tertiary/aromatic N) is 1. The van der Waals surface area contributed by atoms with Gasteiger partial charge in [-0.3, -0.25) is 9.59 Å². The van der Waals surface area contributed by atoms with E-state index in [1.807, 2.05) is 13.8 Å². The van der Waals surface area contributed by atoms with E-state index >= 15 is 0 Å². The smallest absolute Gasteiger partial charge is 0.252 e. The van der Waals surface area contributed by atoms with Gasteiger partial charge in [0.1, 0.15) is 11.2 Å². The minimum atomic E-state index is -0.599. The number of hydrogen-bond acceptors (Lipinski definition) is 3. The van der Waals surface area contributed by atoms with Crippen molar-refractivity contribution in [3.8, 4) is 0 Å². The first-order valence-corrected chi connectivity index (χ1v) is 6.48. The van der Waals surface area contributed by atoms with Gasteiger partial charge in [0.05, 0.1) is 0 Å². The highest BCUT2D eigenvalue weighted by atomic mass is 35.5. The Balaban J connectivity index is 2.54. The average Bonchev–Trinajstić information content (AvgIpc) is 2.35. The van der Waals surface area contributed by atoms with E-state index < -0.39 is 6.04 Å². The molecule has 0 aliphatic carbocycles. The fraction of sp³-hybridized carbons (Fsp3) is 0.462. The third kappa shape index (κ3) is 5.26. The SMILES string of the molecule is CC(C)CNC(=O)C(C)NC(=O)c1ccnc(Cl)c1. The van der Waals surface area contributed by atoms with Crippen molar-refractivity contribution < 1.29 is 9.59 Å². The molecule has 0 aliphatic rings. The van der Waals surface area contributed by atoms with E-state index in [0.717, 1.165) is 0 Å². The second kappa shape index (κ2) is 7.09. The van der Waals surface area contributed by atoms with Crippen molar-refractivity contribution >= 4 is 23.4 Å². The number of rotatable bonds is 5. The molecule has 0 fully saturated rings. The van der Waals surface area contributed by atoms with Crippen LogP contribution in [0, 0.1) is 5.92 Å². The highest BCUT2D eigenvalue weighted by molar-refractivity contribution is 6.29. The van der Waals surface area contributed by atoms with Crippen molar-refractivity contribution in [1.29, 1.82) is 0 Å². The molecule has 5 nitrogen and oxygen atoms in total. The lowest BCUT2D eigenvalue weighted by molar-refractivity contribution is -0.122. The molecule has 0 spiro atoms. The predicted molar refractivity (Wildman–Crippen MR) is 74.0 cm³/mol. The van der Waals surface area contributed by atoms with Crippen LogP contribution in [0.3, 0.4) is 0 Å². The van der Waals surface area contributed by atoms with E-state index in [4.69, 9.17) is 11.6 Å². The molecule has 0 saturated carbocycles. The number of hydrogen-bond donors (Lipinski definition) is 2. The van der Waals surface area contributed by atoms with E-state index in [1.54, 1.807) is 13.0 Å². The van der Waals surface area contributed by atoms with Gasteiger partial charge in [0.15, 0.2) is 0 Å². The number of amides is 2. The lowest BCUT2D eigenvalue weighted by atomic mass is 10.2. The molecular formula is C13H18ClN3O2. The lowest BCUT2D eigenvalue weighted by Gasteiger charge is -2.15. The number of pyridine rings is 1. The molecule has 0 saturated heterocycles. The van der Waals surface area contributed by atoms with Crippen molar-refractivity contribution in [2.75, 3.05) is 6.54 Å². The molecule has 2 amide bonds. The summed E-state index contributed by atoms with van der Waals surface area (Å²) in [5, 5.41) is 5.61. The van der Waals surface area contributed by atoms with E-state index in [1.165, 1.54) is 12.3 Å². The Morgan fingerprint density at radius 2 is 2.05 bits per heavy atom. The van der Waals surface area contributed by atoms with Crippen molar-refractivity contribution in [3.05, 3.63) is 29.0 Å². The van der Waals surface area contributed by atoms with Crippen LogP contribution in [0.25, 0.3) is 0 Å². The maximum Gasteiger partial charge on any atom is 0.252 e. The molecule has 0 aliphatic heterocycles. The van der Waals surface area contributed by atoms with Crippen LogP contribution >= 0.6 is 11.6 Å². The second-order valence-electron chi connectivity index (χ2n) is 4.70. The van der Waals surface area contributed by atoms with Crippen LogP contribution in [-0.2, 0) is 4.79 Å². The van der Waals surface area contributed by atoms with Gasteiger partial charge < -0.3 is 10.6 Å². The normalized spacial score (nSPS) is 12.1. The molecule has 0 bridgehead atoms. The molecule has 0 aromatic carbocycles. The molecule has 2 N–H and O–H groups in total. The van der Waals surface area contributed by atoms with Crippen LogP contribution < -0.4 is 10.6 Å². The standard InChI is InChI=1S/C13H18ClN3O2/c1-8(2)7-16-12(18)9(3)17-13(19)10-4-5-15-11(14)6-10/h4-6,8-9H,7H2,1-3H3,(H,16,18)(H,17,19). The molecule has 104 valence electrons. The summed E-state index contributed by atoms with van der Waals surface area (Å²) in [6.07, 6.45) is 1.45. The van der Waals surface area contributed by atoms with Gasteiger partial charge in [-0.25, -0.2) is 4.98 Å². The Bertz CT molecular complexity index is 463. The summed E-state index contributed by atoms with van der Waals surface area (Å²) in [5.41, 5.74) is 0.378. The van der Waals surface area contributed by atoms with E-state index in [9.17, 15) is 9.59 Å². The van der Waals surface area contributed by atoms with E-state index in [0.29, 0.717) is 18.0 Å². The highest BCUT2D eigenvalue weighted by Crippen LogP contribution is 2.07. The first kappa shape index (κ1) is 15.4. The molecule has 1 rings (SSSR count). The Kier molecular flexibility index (Phi) is 5.76. The first-order chi connectivity index (χ1) is 8.90. The van der Waals surface area contributed by atoms with Crippen molar-refractivity contribution in [2.24, 2.45) is 5.92 Å². The van der Waals surface area contributed by atoms with Gasteiger partial charge in [-0.15, -0.1) is 0 Å². The highest BCUT2D eigenvalue weighted by Gasteiger charge is 2.16. The Morgan fingerprint density at radius 1 is 1.37 bits per heavy atom. The topological polar surface area (TPSA) is 71.1 Å². The van der Waals surface area contributed by atoms with Gasteiger partial charge in [-0.1, -0.05) is 25.4 Å². The maximum absolute atomic E-state index is 11.9. The number of nitrogens with one attached hydrogen (secondary N) is 2. The number of aromatic nitrogens is 1. The zero-order valence-corrected chi connectivity index (χ0v) is 12.0. The van der Waals surface area contributed by atoms with Gasteiger partial charge in [0.2, 0.25) is 5.91 Å².